The highest BCUT2D eigenvalue weighted by Crippen LogP contribution is 2.47. The molecule has 122 valence electrons. The highest BCUT2D eigenvalue weighted by Gasteiger charge is 2.31. The molecule has 0 unspecified atom stereocenters. The Labute approximate surface area is 143 Å². The van der Waals surface area contributed by atoms with Crippen molar-refractivity contribution in [3.05, 3.63) is 51.9 Å². The van der Waals surface area contributed by atoms with Crippen molar-refractivity contribution in [2.24, 2.45) is 5.41 Å². The van der Waals surface area contributed by atoms with E-state index in [-0.39, 0.29) is 0 Å². The van der Waals surface area contributed by atoms with E-state index in [1.165, 1.54) is 32.9 Å². The van der Waals surface area contributed by atoms with E-state index in [2.05, 4.69) is 52.0 Å². The lowest BCUT2D eigenvalue weighted by Gasteiger charge is -2.30. The first-order valence-electron chi connectivity index (χ1n) is 8.53. The van der Waals surface area contributed by atoms with Crippen LogP contribution in [0.25, 0.3) is 16.2 Å². The van der Waals surface area contributed by atoms with Crippen LogP contribution < -0.4 is 0 Å². The van der Waals surface area contributed by atoms with Gasteiger partial charge in [-0.15, -0.1) is 11.3 Å². The number of aliphatic hydroxyl groups excluding tert-OH is 1. The number of aryl methyl sites for hydroxylation is 2. The molecule has 0 aliphatic heterocycles. The van der Waals surface area contributed by atoms with Gasteiger partial charge in [0.1, 0.15) is 5.76 Å². The van der Waals surface area contributed by atoms with Gasteiger partial charge >= 0.3 is 0 Å². The summed E-state index contributed by atoms with van der Waals surface area (Å²) in [5, 5.41) is 10.7. The molecule has 0 bridgehead atoms. The molecule has 2 heteroatoms. The molecule has 0 saturated carbocycles. The van der Waals surface area contributed by atoms with Gasteiger partial charge in [0.05, 0.1) is 0 Å². The van der Waals surface area contributed by atoms with Crippen molar-refractivity contribution in [1.29, 1.82) is 0 Å². The molecular weight excluding hydrogens is 300 g/mol. The molecule has 1 aliphatic carbocycles. The zero-order valence-corrected chi connectivity index (χ0v) is 15.4. The first-order chi connectivity index (χ1) is 10.9. The summed E-state index contributed by atoms with van der Waals surface area (Å²) in [6.45, 7) is 8.91. The van der Waals surface area contributed by atoms with Gasteiger partial charge in [0.25, 0.3) is 0 Å². The van der Waals surface area contributed by atoms with Crippen LogP contribution in [0, 0.1) is 12.3 Å². The van der Waals surface area contributed by atoms with E-state index in [1.807, 2.05) is 17.4 Å². The van der Waals surface area contributed by atoms with Crippen LogP contribution in [0.2, 0.25) is 0 Å². The lowest BCUT2D eigenvalue weighted by molar-refractivity contribution is 0.317. The van der Waals surface area contributed by atoms with E-state index >= 15 is 0 Å². The highest BCUT2D eigenvalue weighted by molar-refractivity contribution is 7.16. The number of benzene rings is 1. The van der Waals surface area contributed by atoms with Gasteiger partial charge in [0.15, 0.2) is 0 Å². The zero-order valence-electron chi connectivity index (χ0n) is 14.6. The maximum absolute atomic E-state index is 10.7. The molecule has 0 atom stereocenters. The Hall–Kier alpha value is -1.54. The summed E-state index contributed by atoms with van der Waals surface area (Å²) in [7, 11) is 0. The van der Waals surface area contributed by atoms with E-state index in [9.17, 15) is 5.11 Å². The molecule has 0 radical (unpaired) electrons. The fourth-order valence-electron chi connectivity index (χ4n) is 3.50. The quantitative estimate of drug-likeness (QED) is 0.634. The maximum Gasteiger partial charge on any atom is 0.120 e. The third kappa shape index (κ3) is 3.10. The van der Waals surface area contributed by atoms with Crippen LogP contribution in [0.3, 0.4) is 0 Å². The van der Waals surface area contributed by atoms with Crippen LogP contribution in [-0.4, -0.2) is 5.11 Å². The number of allylic oxidation sites excluding steroid dienone is 1. The predicted molar refractivity (Wildman–Crippen MR) is 101 cm³/mol. The van der Waals surface area contributed by atoms with Crippen LogP contribution in [0.4, 0.5) is 0 Å². The fraction of sp³-hybridized carbons (Fsp3) is 0.429. The molecule has 0 fully saturated rings. The van der Waals surface area contributed by atoms with Crippen LogP contribution in [0.5, 0.6) is 0 Å². The summed E-state index contributed by atoms with van der Waals surface area (Å²) in [5.74, 6) is 0.459. The number of thiophene rings is 1. The van der Waals surface area contributed by atoms with Crippen molar-refractivity contribution >= 4 is 17.1 Å². The predicted octanol–water partition coefficient (Wildman–Crippen LogP) is 6.55. The van der Waals surface area contributed by atoms with Crippen molar-refractivity contribution in [2.75, 3.05) is 0 Å². The topological polar surface area (TPSA) is 20.2 Å². The van der Waals surface area contributed by atoms with E-state index in [1.54, 1.807) is 0 Å². The Morgan fingerprint density at radius 3 is 2.74 bits per heavy atom. The molecule has 0 saturated heterocycles. The standard InChI is InChI=1S/C21H26OS/c1-5-8-17(22)19-16-13-21(3,4)12-11-18(16)23-20(19)15-10-7-6-9-14(15)2/h6-10,22H,5,11-13H2,1-4H3/b17-8+. The Balaban J connectivity index is 2.23. The largest absolute Gasteiger partial charge is 0.508 e. The summed E-state index contributed by atoms with van der Waals surface area (Å²) in [5.41, 5.74) is 5.32. The molecule has 0 amide bonds. The summed E-state index contributed by atoms with van der Waals surface area (Å²) < 4.78 is 0. The summed E-state index contributed by atoms with van der Waals surface area (Å²) >= 11 is 1.88. The number of hydrogen-bond acceptors (Lipinski definition) is 2. The Morgan fingerprint density at radius 2 is 2.04 bits per heavy atom. The van der Waals surface area contributed by atoms with Gasteiger partial charge in [-0.2, -0.15) is 0 Å². The first kappa shape index (κ1) is 16.3. The molecule has 0 spiro atoms. The van der Waals surface area contributed by atoms with Gasteiger partial charge < -0.3 is 5.11 Å². The minimum atomic E-state index is 0.318. The number of rotatable bonds is 3. The minimum Gasteiger partial charge on any atom is -0.508 e. The first-order valence-corrected chi connectivity index (χ1v) is 9.34. The third-order valence-electron chi connectivity index (χ3n) is 4.82. The maximum atomic E-state index is 10.7. The molecule has 1 heterocycles. The normalized spacial score (nSPS) is 17.1. The molecule has 1 nitrogen and oxygen atoms in total. The SMILES string of the molecule is CC/C=C(/O)c1c(-c2ccccc2C)sc2c1CC(C)(C)CC2. The molecule has 2 aromatic rings. The van der Waals surface area contributed by atoms with Gasteiger partial charge in [0, 0.05) is 15.3 Å². The van der Waals surface area contributed by atoms with Gasteiger partial charge in [-0.1, -0.05) is 45.0 Å². The van der Waals surface area contributed by atoms with Gasteiger partial charge in [-0.05, 0) is 60.8 Å². The molecular formula is C21H26OS. The van der Waals surface area contributed by atoms with Crippen molar-refractivity contribution < 1.29 is 5.11 Å². The second-order valence-electron chi connectivity index (χ2n) is 7.36. The molecule has 23 heavy (non-hydrogen) atoms. The molecule has 1 N–H and O–H groups in total. The van der Waals surface area contributed by atoms with Crippen molar-refractivity contribution in [3.63, 3.8) is 0 Å². The lowest BCUT2D eigenvalue weighted by Crippen LogP contribution is -2.21. The van der Waals surface area contributed by atoms with Crippen LogP contribution in [-0.2, 0) is 12.8 Å². The van der Waals surface area contributed by atoms with Crippen molar-refractivity contribution in [1.82, 2.24) is 0 Å². The molecule has 1 aromatic carbocycles. The van der Waals surface area contributed by atoms with E-state index < -0.39 is 0 Å². The second kappa shape index (κ2) is 6.16. The second-order valence-corrected chi connectivity index (χ2v) is 8.47. The summed E-state index contributed by atoms with van der Waals surface area (Å²) in [4.78, 5) is 2.71. The van der Waals surface area contributed by atoms with E-state index in [0.29, 0.717) is 11.2 Å². The summed E-state index contributed by atoms with van der Waals surface area (Å²) in [6, 6.07) is 8.51. The van der Waals surface area contributed by atoms with Crippen LogP contribution in [0.1, 0.15) is 55.2 Å². The van der Waals surface area contributed by atoms with Gasteiger partial charge in [-0.25, -0.2) is 0 Å². The Morgan fingerprint density at radius 1 is 1.30 bits per heavy atom. The molecule has 1 aliphatic rings. The van der Waals surface area contributed by atoms with Crippen LogP contribution >= 0.6 is 11.3 Å². The number of aliphatic hydroxyl groups is 1. The Kier molecular flexibility index (Phi) is 4.37. The fourth-order valence-corrected chi connectivity index (χ4v) is 4.92. The van der Waals surface area contributed by atoms with Crippen molar-refractivity contribution in [3.8, 4) is 10.4 Å². The smallest absolute Gasteiger partial charge is 0.120 e. The van der Waals surface area contributed by atoms with Crippen LogP contribution in [0.15, 0.2) is 30.3 Å². The minimum absolute atomic E-state index is 0.318. The summed E-state index contributed by atoms with van der Waals surface area (Å²) in [6.07, 6.45) is 6.22. The third-order valence-corrected chi connectivity index (χ3v) is 6.14. The monoisotopic (exact) mass is 326 g/mol. The highest BCUT2D eigenvalue weighted by atomic mass is 32.1. The van der Waals surface area contributed by atoms with Crippen molar-refractivity contribution in [2.45, 2.75) is 53.4 Å². The lowest BCUT2D eigenvalue weighted by atomic mass is 9.75. The number of hydrogen-bond donors (Lipinski definition) is 1. The average Bonchev–Trinajstić information content (AvgIpc) is 2.85. The molecule has 3 rings (SSSR count). The number of fused-ring (bicyclic) bond motifs is 1. The molecule has 1 aromatic heterocycles. The Bertz CT molecular complexity index is 749. The van der Waals surface area contributed by atoms with Gasteiger partial charge in [-0.3, -0.25) is 0 Å². The zero-order chi connectivity index (χ0) is 16.6. The van der Waals surface area contributed by atoms with E-state index in [0.717, 1.165) is 24.8 Å². The van der Waals surface area contributed by atoms with E-state index in [4.69, 9.17) is 0 Å². The van der Waals surface area contributed by atoms with Gasteiger partial charge in [0.2, 0.25) is 0 Å². The average molecular weight is 327 g/mol.